The van der Waals surface area contributed by atoms with Crippen LogP contribution in [0.5, 0.6) is 0 Å². The molecule has 2 N–H and O–H groups in total. The number of nitrogens with one attached hydrogen (secondary N) is 1. The molecular formula is C14H28N2O3. The number of hydrogen-bond acceptors (Lipinski definition) is 3. The SMILES string of the molecule is CC(O)CN(C(=O)C(C)NC(=O)C(C)(C)C)C(C)C. The number of carbonyl (C=O) groups excluding carboxylic acids is 2. The standard InChI is InChI=1S/C14H28N2O3/c1-9(2)16(8-10(3)17)12(18)11(4)15-13(19)14(5,6)7/h9-11,17H,8H2,1-7H3,(H,15,19). The maximum absolute atomic E-state index is 12.3. The van der Waals surface area contributed by atoms with E-state index in [2.05, 4.69) is 5.32 Å². The molecule has 0 saturated heterocycles. The third-order valence-corrected chi connectivity index (χ3v) is 2.77. The van der Waals surface area contributed by atoms with Gasteiger partial charge in [-0.05, 0) is 27.7 Å². The molecule has 2 unspecified atom stereocenters. The van der Waals surface area contributed by atoms with Gasteiger partial charge in [-0.2, -0.15) is 0 Å². The fraction of sp³-hybridized carbons (Fsp3) is 0.857. The lowest BCUT2D eigenvalue weighted by Gasteiger charge is -2.31. The van der Waals surface area contributed by atoms with Gasteiger partial charge in [-0.25, -0.2) is 0 Å². The van der Waals surface area contributed by atoms with E-state index in [9.17, 15) is 14.7 Å². The summed E-state index contributed by atoms with van der Waals surface area (Å²) in [5.41, 5.74) is -0.526. The van der Waals surface area contributed by atoms with Crippen LogP contribution in [0.25, 0.3) is 0 Å². The molecule has 0 aliphatic heterocycles. The number of amides is 2. The quantitative estimate of drug-likeness (QED) is 0.789. The molecule has 0 spiro atoms. The Hall–Kier alpha value is -1.10. The highest BCUT2D eigenvalue weighted by Gasteiger charge is 2.28. The second-order valence-corrected chi connectivity index (χ2v) is 6.38. The molecule has 0 radical (unpaired) electrons. The predicted octanol–water partition coefficient (Wildman–Crippen LogP) is 1.15. The maximum Gasteiger partial charge on any atom is 0.245 e. The normalized spacial score (nSPS) is 15.0. The summed E-state index contributed by atoms with van der Waals surface area (Å²) >= 11 is 0. The van der Waals surface area contributed by atoms with E-state index in [1.54, 1.807) is 39.5 Å². The van der Waals surface area contributed by atoms with Crippen molar-refractivity contribution in [1.29, 1.82) is 0 Å². The van der Waals surface area contributed by atoms with Gasteiger partial charge in [0.15, 0.2) is 0 Å². The van der Waals surface area contributed by atoms with E-state index < -0.39 is 17.6 Å². The zero-order valence-electron chi connectivity index (χ0n) is 13.2. The Bertz CT molecular complexity index is 319. The van der Waals surface area contributed by atoms with Crippen LogP contribution >= 0.6 is 0 Å². The Balaban J connectivity index is 4.73. The van der Waals surface area contributed by atoms with Gasteiger partial charge >= 0.3 is 0 Å². The molecule has 0 saturated carbocycles. The Kier molecular flexibility index (Phi) is 6.49. The number of aliphatic hydroxyl groups excluding tert-OH is 1. The first-order chi connectivity index (χ1) is 8.46. The Morgan fingerprint density at radius 1 is 1.16 bits per heavy atom. The molecule has 0 aromatic heterocycles. The van der Waals surface area contributed by atoms with E-state index >= 15 is 0 Å². The van der Waals surface area contributed by atoms with Crippen LogP contribution in [0.1, 0.15) is 48.5 Å². The molecule has 2 atom stereocenters. The largest absolute Gasteiger partial charge is 0.392 e. The summed E-state index contributed by atoms with van der Waals surface area (Å²) in [6, 6.07) is -0.607. The Morgan fingerprint density at radius 2 is 1.63 bits per heavy atom. The monoisotopic (exact) mass is 272 g/mol. The van der Waals surface area contributed by atoms with Gasteiger partial charge in [0.05, 0.1) is 6.10 Å². The van der Waals surface area contributed by atoms with Gasteiger partial charge < -0.3 is 15.3 Å². The van der Waals surface area contributed by atoms with Gasteiger partial charge in [0, 0.05) is 18.0 Å². The van der Waals surface area contributed by atoms with E-state index in [0.29, 0.717) is 0 Å². The van der Waals surface area contributed by atoms with Gasteiger partial charge in [-0.1, -0.05) is 20.8 Å². The fourth-order valence-corrected chi connectivity index (χ4v) is 1.56. The Labute approximate surface area is 116 Å². The van der Waals surface area contributed by atoms with E-state index in [-0.39, 0.29) is 24.4 Å². The van der Waals surface area contributed by atoms with Crippen molar-refractivity contribution in [3.63, 3.8) is 0 Å². The topological polar surface area (TPSA) is 69.6 Å². The molecule has 0 bridgehead atoms. The molecule has 19 heavy (non-hydrogen) atoms. The minimum Gasteiger partial charge on any atom is -0.392 e. The first-order valence-electron chi connectivity index (χ1n) is 6.76. The van der Waals surface area contributed by atoms with Crippen molar-refractivity contribution in [2.24, 2.45) is 5.41 Å². The number of rotatable bonds is 5. The van der Waals surface area contributed by atoms with Crippen molar-refractivity contribution in [3.05, 3.63) is 0 Å². The molecule has 112 valence electrons. The second-order valence-electron chi connectivity index (χ2n) is 6.38. The summed E-state index contributed by atoms with van der Waals surface area (Å²) in [5.74, 6) is -0.331. The molecule has 0 aromatic rings. The van der Waals surface area contributed by atoms with Crippen molar-refractivity contribution in [3.8, 4) is 0 Å². The summed E-state index contributed by atoms with van der Waals surface area (Å²) in [7, 11) is 0. The molecule has 0 fully saturated rings. The van der Waals surface area contributed by atoms with Gasteiger partial charge in [-0.15, -0.1) is 0 Å². The fourth-order valence-electron chi connectivity index (χ4n) is 1.56. The minimum atomic E-state index is -0.590. The van der Waals surface area contributed by atoms with Crippen LogP contribution in [-0.4, -0.2) is 46.6 Å². The molecule has 0 aliphatic rings. The minimum absolute atomic E-state index is 0.0175. The third kappa shape index (κ3) is 6.05. The van der Waals surface area contributed by atoms with E-state index in [0.717, 1.165) is 0 Å². The first kappa shape index (κ1) is 17.9. The summed E-state index contributed by atoms with van der Waals surface area (Å²) < 4.78 is 0. The zero-order valence-corrected chi connectivity index (χ0v) is 13.2. The summed E-state index contributed by atoms with van der Waals surface area (Å²) in [5, 5.41) is 12.1. The van der Waals surface area contributed by atoms with Crippen LogP contribution in [0.4, 0.5) is 0 Å². The molecule has 0 heterocycles. The number of nitrogens with zero attached hydrogens (tertiary/aromatic N) is 1. The average Bonchev–Trinajstić information content (AvgIpc) is 2.22. The highest BCUT2D eigenvalue weighted by atomic mass is 16.3. The van der Waals surface area contributed by atoms with Crippen molar-refractivity contribution in [2.45, 2.75) is 66.7 Å². The number of hydrogen-bond donors (Lipinski definition) is 2. The highest BCUT2D eigenvalue weighted by Crippen LogP contribution is 2.13. The van der Waals surface area contributed by atoms with Crippen LogP contribution in [0, 0.1) is 5.41 Å². The van der Waals surface area contributed by atoms with Crippen LogP contribution in [0.3, 0.4) is 0 Å². The van der Waals surface area contributed by atoms with E-state index in [4.69, 9.17) is 0 Å². The number of carbonyl (C=O) groups is 2. The summed E-state index contributed by atoms with van der Waals surface area (Å²) in [6.45, 7) is 12.8. The van der Waals surface area contributed by atoms with Crippen molar-refractivity contribution in [2.75, 3.05) is 6.54 Å². The molecule has 0 rings (SSSR count). The predicted molar refractivity (Wildman–Crippen MR) is 75.6 cm³/mol. The van der Waals surface area contributed by atoms with Gasteiger partial charge in [-0.3, -0.25) is 9.59 Å². The van der Waals surface area contributed by atoms with Crippen molar-refractivity contribution in [1.82, 2.24) is 10.2 Å². The molecule has 5 heteroatoms. The number of aliphatic hydroxyl groups is 1. The van der Waals surface area contributed by atoms with Crippen LogP contribution in [0.15, 0.2) is 0 Å². The lowest BCUT2D eigenvalue weighted by atomic mass is 9.95. The lowest BCUT2D eigenvalue weighted by molar-refractivity contribution is -0.140. The Morgan fingerprint density at radius 3 is 1.95 bits per heavy atom. The first-order valence-corrected chi connectivity index (χ1v) is 6.76. The molecule has 2 amide bonds. The average molecular weight is 272 g/mol. The summed E-state index contributed by atoms with van der Waals surface area (Å²) in [4.78, 5) is 25.7. The lowest BCUT2D eigenvalue weighted by Crippen LogP contribution is -2.52. The molecule has 0 aliphatic carbocycles. The zero-order chi connectivity index (χ0) is 15.4. The van der Waals surface area contributed by atoms with Gasteiger partial charge in [0.1, 0.15) is 6.04 Å². The molecule has 5 nitrogen and oxygen atoms in total. The van der Waals surface area contributed by atoms with Crippen molar-refractivity contribution < 1.29 is 14.7 Å². The molecular weight excluding hydrogens is 244 g/mol. The summed E-state index contributed by atoms with van der Waals surface area (Å²) in [6.07, 6.45) is -0.586. The second kappa shape index (κ2) is 6.89. The van der Waals surface area contributed by atoms with Crippen LogP contribution in [0.2, 0.25) is 0 Å². The smallest absolute Gasteiger partial charge is 0.245 e. The maximum atomic E-state index is 12.3. The van der Waals surface area contributed by atoms with E-state index in [1.165, 1.54) is 0 Å². The van der Waals surface area contributed by atoms with Gasteiger partial charge in [0.2, 0.25) is 11.8 Å². The van der Waals surface area contributed by atoms with E-state index in [1.807, 2.05) is 13.8 Å². The molecule has 0 aromatic carbocycles. The van der Waals surface area contributed by atoms with Crippen molar-refractivity contribution >= 4 is 11.8 Å². The van der Waals surface area contributed by atoms with Gasteiger partial charge in [0.25, 0.3) is 0 Å². The third-order valence-electron chi connectivity index (χ3n) is 2.77. The highest BCUT2D eigenvalue weighted by molar-refractivity contribution is 5.89. The van der Waals surface area contributed by atoms with Crippen LogP contribution in [-0.2, 0) is 9.59 Å². The van der Waals surface area contributed by atoms with Crippen LogP contribution < -0.4 is 5.32 Å².